The maximum absolute atomic E-state index is 11.8. The number of anilines is 1. The van der Waals surface area contributed by atoms with E-state index in [0.29, 0.717) is 6.61 Å². The van der Waals surface area contributed by atoms with Crippen LogP contribution in [-0.2, 0) is 9.53 Å². The summed E-state index contributed by atoms with van der Waals surface area (Å²) in [5.41, 5.74) is 3.09. The number of alkyl halides is 3. The highest BCUT2D eigenvalue weighted by atomic mass is 19.4. The zero-order valence-corrected chi connectivity index (χ0v) is 15.4. The molecule has 0 spiro atoms. The first-order valence-electron chi connectivity index (χ1n) is 8.61. The van der Waals surface area contributed by atoms with Gasteiger partial charge in [0.05, 0.1) is 6.61 Å². The third-order valence-corrected chi connectivity index (χ3v) is 4.12. The van der Waals surface area contributed by atoms with Crippen LogP contribution in [0.1, 0.15) is 23.0 Å². The van der Waals surface area contributed by atoms with Gasteiger partial charge in [0, 0.05) is 37.3 Å². The largest absolute Gasteiger partial charge is 0.490 e. The van der Waals surface area contributed by atoms with Crippen molar-refractivity contribution in [2.45, 2.75) is 20.0 Å². The third kappa shape index (κ3) is 5.16. The Labute approximate surface area is 159 Å². The van der Waals surface area contributed by atoms with Crippen molar-refractivity contribution in [3.05, 3.63) is 29.5 Å². The zero-order valence-electron chi connectivity index (χ0n) is 15.4. The number of aliphatic carboxylic acids is 1. The minimum atomic E-state index is -5.08. The van der Waals surface area contributed by atoms with Crippen molar-refractivity contribution in [1.29, 1.82) is 0 Å². The van der Waals surface area contributed by atoms with E-state index < -0.39 is 18.1 Å². The number of carboxylic acids is 1. The number of benzene rings is 1. The van der Waals surface area contributed by atoms with E-state index in [4.69, 9.17) is 19.1 Å². The number of hydrogen-bond donors (Lipinski definition) is 2. The first kappa shape index (κ1) is 21.5. The summed E-state index contributed by atoms with van der Waals surface area (Å²) in [7, 11) is 0. The SMILES string of the molecule is CCOC(=O)c1cc2c(C)c(N3CCNCC3)ccc2o1.O=C(O)C(F)(F)F. The van der Waals surface area contributed by atoms with Gasteiger partial charge in [0.1, 0.15) is 5.58 Å². The lowest BCUT2D eigenvalue weighted by Gasteiger charge is -2.30. The summed E-state index contributed by atoms with van der Waals surface area (Å²) in [6, 6.07) is 5.79. The second kappa shape index (κ2) is 8.96. The topological polar surface area (TPSA) is 92.0 Å². The molecule has 0 amide bonds. The fourth-order valence-electron chi connectivity index (χ4n) is 2.79. The fraction of sp³-hybridized carbons (Fsp3) is 0.444. The molecule has 1 saturated heterocycles. The number of halogens is 3. The van der Waals surface area contributed by atoms with Gasteiger partial charge in [0.15, 0.2) is 0 Å². The Hall–Kier alpha value is -2.75. The molecule has 0 radical (unpaired) electrons. The molecule has 1 aromatic heterocycles. The standard InChI is InChI=1S/C16H20N2O3.C2HF3O2/c1-3-20-16(19)15-10-12-11(2)13(4-5-14(12)21-15)18-8-6-17-7-9-18;3-2(4,5)1(6)7/h4-5,10,17H,3,6-9H2,1-2H3;(H,6,7). The van der Waals surface area contributed by atoms with Crippen molar-refractivity contribution in [1.82, 2.24) is 5.32 Å². The van der Waals surface area contributed by atoms with Crippen LogP contribution in [0.15, 0.2) is 22.6 Å². The summed E-state index contributed by atoms with van der Waals surface area (Å²) in [5.74, 6) is -2.89. The smallest absolute Gasteiger partial charge is 0.475 e. The van der Waals surface area contributed by atoms with Crippen LogP contribution >= 0.6 is 0 Å². The first-order valence-corrected chi connectivity index (χ1v) is 8.61. The van der Waals surface area contributed by atoms with Gasteiger partial charge in [-0.25, -0.2) is 9.59 Å². The molecule has 1 fully saturated rings. The highest BCUT2D eigenvalue weighted by Crippen LogP contribution is 2.31. The van der Waals surface area contributed by atoms with E-state index in [2.05, 4.69) is 23.2 Å². The third-order valence-electron chi connectivity index (χ3n) is 4.12. The Balaban J connectivity index is 0.000000345. The van der Waals surface area contributed by atoms with Crippen LogP contribution in [0.5, 0.6) is 0 Å². The summed E-state index contributed by atoms with van der Waals surface area (Å²) in [6.45, 7) is 8.19. The minimum absolute atomic E-state index is 0.271. The number of rotatable bonds is 3. The van der Waals surface area contributed by atoms with Gasteiger partial charge >= 0.3 is 18.1 Å². The lowest BCUT2D eigenvalue weighted by Crippen LogP contribution is -2.43. The Morgan fingerprint density at radius 3 is 2.43 bits per heavy atom. The van der Waals surface area contributed by atoms with Gasteiger partial charge in [-0.1, -0.05) is 0 Å². The van der Waals surface area contributed by atoms with E-state index in [1.807, 2.05) is 6.07 Å². The van der Waals surface area contributed by atoms with Gasteiger partial charge in [0.2, 0.25) is 5.76 Å². The Morgan fingerprint density at radius 1 is 1.29 bits per heavy atom. The average Bonchev–Trinajstić information content (AvgIpc) is 3.08. The maximum atomic E-state index is 11.8. The molecule has 0 saturated carbocycles. The predicted molar refractivity (Wildman–Crippen MR) is 95.7 cm³/mol. The van der Waals surface area contributed by atoms with Crippen LogP contribution in [0, 0.1) is 6.92 Å². The zero-order chi connectivity index (χ0) is 20.9. The second-order valence-electron chi connectivity index (χ2n) is 5.99. The highest BCUT2D eigenvalue weighted by Gasteiger charge is 2.38. The molecule has 3 rings (SSSR count). The van der Waals surface area contributed by atoms with Crippen molar-refractivity contribution >= 4 is 28.6 Å². The number of furan rings is 1. The van der Waals surface area contributed by atoms with E-state index in [-0.39, 0.29) is 5.76 Å². The van der Waals surface area contributed by atoms with E-state index in [0.717, 1.165) is 42.7 Å². The molecule has 28 heavy (non-hydrogen) atoms. The van der Waals surface area contributed by atoms with Crippen LogP contribution in [0.4, 0.5) is 18.9 Å². The molecule has 1 aliphatic heterocycles. The van der Waals surface area contributed by atoms with Crippen molar-refractivity contribution in [2.24, 2.45) is 0 Å². The molecule has 1 aliphatic rings. The Kier molecular flexibility index (Phi) is 6.90. The van der Waals surface area contributed by atoms with E-state index in [9.17, 15) is 18.0 Å². The molecule has 2 aromatic rings. The molecule has 0 atom stereocenters. The quantitative estimate of drug-likeness (QED) is 0.763. The number of nitrogens with zero attached hydrogens (tertiary/aromatic N) is 1. The summed E-state index contributed by atoms with van der Waals surface area (Å²) < 4.78 is 42.3. The predicted octanol–water partition coefficient (Wildman–Crippen LogP) is 2.96. The first-order chi connectivity index (χ1) is 13.1. The molecule has 154 valence electrons. The molecule has 7 nitrogen and oxygen atoms in total. The number of fused-ring (bicyclic) bond motifs is 1. The lowest BCUT2D eigenvalue weighted by atomic mass is 10.1. The van der Waals surface area contributed by atoms with Crippen LogP contribution < -0.4 is 10.2 Å². The maximum Gasteiger partial charge on any atom is 0.490 e. The van der Waals surface area contributed by atoms with Crippen LogP contribution in [-0.4, -0.2) is 56.0 Å². The number of aryl methyl sites for hydroxylation is 1. The molecular formula is C18H21F3N2O5. The number of hydrogen-bond acceptors (Lipinski definition) is 6. The van der Waals surface area contributed by atoms with Crippen LogP contribution in [0.2, 0.25) is 0 Å². The van der Waals surface area contributed by atoms with Crippen molar-refractivity contribution in [3.63, 3.8) is 0 Å². The molecule has 2 N–H and O–H groups in total. The van der Waals surface area contributed by atoms with E-state index in [1.165, 1.54) is 5.69 Å². The lowest BCUT2D eigenvalue weighted by molar-refractivity contribution is -0.192. The normalized spacial score (nSPS) is 14.4. The fourth-order valence-corrected chi connectivity index (χ4v) is 2.79. The summed E-state index contributed by atoms with van der Waals surface area (Å²) in [6.07, 6.45) is -5.08. The number of carbonyl (C=O) groups excluding carboxylic acids is 1. The van der Waals surface area contributed by atoms with Crippen molar-refractivity contribution in [3.8, 4) is 0 Å². The van der Waals surface area contributed by atoms with Gasteiger partial charge < -0.3 is 24.5 Å². The minimum Gasteiger partial charge on any atom is -0.475 e. The molecule has 10 heteroatoms. The van der Waals surface area contributed by atoms with Gasteiger partial charge in [-0.3, -0.25) is 0 Å². The molecule has 2 heterocycles. The molecular weight excluding hydrogens is 381 g/mol. The summed E-state index contributed by atoms with van der Waals surface area (Å²) >= 11 is 0. The van der Waals surface area contributed by atoms with Gasteiger partial charge in [-0.05, 0) is 37.6 Å². The molecule has 1 aromatic carbocycles. The van der Waals surface area contributed by atoms with Gasteiger partial charge in [-0.15, -0.1) is 0 Å². The van der Waals surface area contributed by atoms with E-state index >= 15 is 0 Å². The number of nitrogens with one attached hydrogen (secondary N) is 1. The van der Waals surface area contributed by atoms with E-state index in [1.54, 1.807) is 13.0 Å². The number of carboxylic acid groups (broad SMARTS) is 1. The Bertz CT molecular complexity index is 842. The summed E-state index contributed by atoms with van der Waals surface area (Å²) in [4.78, 5) is 23.0. The number of carbonyl (C=O) groups is 2. The van der Waals surface area contributed by atoms with Crippen molar-refractivity contribution in [2.75, 3.05) is 37.7 Å². The highest BCUT2D eigenvalue weighted by molar-refractivity contribution is 5.95. The summed E-state index contributed by atoms with van der Waals surface area (Å²) in [5, 5.41) is 11.5. The van der Waals surface area contributed by atoms with Crippen LogP contribution in [0.25, 0.3) is 11.0 Å². The van der Waals surface area contributed by atoms with Gasteiger partial charge in [0.25, 0.3) is 0 Å². The Morgan fingerprint density at radius 2 is 1.89 bits per heavy atom. The van der Waals surface area contributed by atoms with Gasteiger partial charge in [-0.2, -0.15) is 13.2 Å². The molecule has 0 aliphatic carbocycles. The van der Waals surface area contributed by atoms with Crippen LogP contribution in [0.3, 0.4) is 0 Å². The van der Waals surface area contributed by atoms with Crippen molar-refractivity contribution < 1.29 is 37.0 Å². The number of piperazine rings is 1. The monoisotopic (exact) mass is 402 g/mol. The number of esters is 1. The molecule has 0 bridgehead atoms. The molecule has 0 unspecified atom stereocenters. The second-order valence-corrected chi connectivity index (χ2v) is 5.99. The number of ether oxygens (including phenoxy) is 1. The average molecular weight is 402 g/mol.